The molecule has 0 saturated carbocycles. The molecule has 2 aromatic carbocycles. The lowest BCUT2D eigenvalue weighted by molar-refractivity contribution is 0.415. The fraction of sp³-hybridized carbons (Fsp3) is 0.0625. The smallest absolute Gasteiger partial charge is 0.265 e. The van der Waals surface area contributed by atoms with E-state index in [1.54, 1.807) is 35.7 Å². The van der Waals surface area contributed by atoms with Gasteiger partial charge in [0.15, 0.2) is 5.13 Å². The van der Waals surface area contributed by atoms with E-state index in [1.807, 2.05) is 0 Å². The molecule has 0 fully saturated rings. The molecule has 0 aliphatic carbocycles. The van der Waals surface area contributed by atoms with Gasteiger partial charge in [-0.1, -0.05) is 35.3 Å². The van der Waals surface area contributed by atoms with E-state index in [4.69, 9.17) is 27.9 Å². The van der Waals surface area contributed by atoms with E-state index >= 15 is 0 Å². The van der Waals surface area contributed by atoms with Crippen LogP contribution in [-0.2, 0) is 10.0 Å². The number of hydrogen-bond acceptors (Lipinski definition) is 5. The largest absolute Gasteiger partial charge is 0.495 e. The monoisotopic (exact) mass is 414 g/mol. The van der Waals surface area contributed by atoms with Gasteiger partial charge in [-0.3, -0.25) is 4.72 Å². The molecule has 0 saturated heterocycles. The van der Waals surface area contributed by atoms with Crippen LogP contribution >= 0.6 is 34.5 Å². The van der Waals surface area contributed by atoms with E-state index < -0.39 is 10.0 Å². The molecule has 3 rings (SSSR count). The van der Waals surface area contributed by atoms with Gasteiger partial charge in [-0.25, -0.2) is 13.4 Å². The molecule has 25 heavy (non-hydrogen) atoms. The summed E-state index contributed by atoms with van der Waals surface area (Å²) in [4.78, 5) is 4.30. The number of sulfonamides is 1. The van der Waals surface area contributed by atoms with E-state index in [9.17, 15) is 8.42 Å². The van der Waals surface area contributed by atoms with Crippen LogP contribution in [0.2, 0.25) is 10.0 Å². The van der Waals surface area contributed by atoms with Crippen LogP contribution in [0.4, 0.5) is 5.13 Å². The van der Waals surface area contributed by atoms with Crippen molar-refractivity contribution in [3.63, 3.8) is 0 Å². The number of ether oxygens (including phenoxy) is 1. The number of rotatable bonds is 5. The highest BCUT2D eigenvalue weighted by molar-refractivity contribution is 7.93. The molecule has 0 unspecified atom stereocenters. The highest BCUT2D eigenvalue weighted by Crippen LogP contribution is 2.32. The Kier molecular flexibility index (Phi) is 5.19. The van der Waals surface area contributed by atoms with Crippen LogP contribution in [0.3, 0.4) is 0 Å². The van der Waals surface area contributed by atoms with E-state index in [0.717, 1.165) is 5.56 Å². The third-order valence-corrected chi connectivity index (χ3v) is 6.32. The summed E-state index contributed by atoms with van der Waals surface area (Å²) in [5, 5.41) is 2.57. The van der Waals surface area contributed by atoms with Crippen LogP contribution in [0.25, 0.3) is 11.3 Å². The van der Waals surface area contributed by atoms with E-state index in [1.165, 1.54) is 30.6 Å². The molecule has 0 amide bonds. The predicted octanol–water partition coefficient (Wildman–Crippen LogP) is 4.93. The lowest BCUT2D eigenvalue weighted by atomic mass is 10.2. The van der Waals surface area contributed by atoms with Crippen molar-refractivity contribution in [1.82, 2.24) is 4.98 Å². The number of hydrogen-bond donors (Lipinski definition) is 1. The Morgan fingerprint density at radius 3 is 2.56 bits per heavy atom. The van der Waals surface area contributed by atoms with Crippen LogP contribution in [0.5, 0.6) is 5.75 Å². The minimum atomic E-state index is -3.81. The van der Waals surface area contributed by atoms with Gasteiger partial charge in [0.1, 0.15) is 10.6 Å². The Morgan fingerprint density at radius 2 is 1.88 bits per heavy atom. The van der Waals surface area contributed by atoms with E-state index in [0.29, 0.717) is 16.5 Å². The second-order valence-electron chi connectivity index (χ2n) is 4.92. The molecule has 0 bridgehead atoms. The van der Waals surface area contributed by atoms with Gasteiger partial charge in [-0.2, -0.15) is 0 Å². The second kappa shape index (κ2) is 7.21. The molecule has 9 heteroatoms. The van der Waals surface area contributed by atoms with Crippen LogP contribution in [0.1, 0.15) is 0 Å². The molecular weight excluding hydrogens is 403 g/mol. The lowest BCUT2D eigenvalue weighted by Crippen LogP contribution is -2.13. The summed E-state index contributed by atoms with van der Waals surface area (Å²) in [5.74, 6) is 0.556. The maximum Gasteiger partial charge on any atom is 0.265 e. The average molecular weight is 415 g/mol. The van der Waals surface area contributed by atoms with Gasteiger partial charge in [0.2, 0.25) is 0 Å². The van der Waals surface area contributed by atoms with Crippen molar-refractivity contribution >= 4 is 49.7 Å². The second-order valence-corrected chi connectivity index (χ2v) is 8.25. The first-order valence-electron chi connectivity index (χ1n) is 6.97. The van der Waals surface area contributed by atoms with Crippen molar-refractivity contribution in [2.45, 2.75) is 4.90 Å². The van der Waals surface area contributed by atoms with Gasteiger partial charge in [-0.05, 0) is 30.3 Å². The van der Waals surface area contributed by atoms with Crippen molar-refractivity contribution in [1.29, 1.82) is 0 Å². The minimum Gasteiger partial charge on any atom is -0.495 e. The molecule has 1 aromatic heterocycles. The summed E-state index contributed by atoms with van der Waals surface area (Å²) >= 11 is 13.2. The Hall–Kier alpha value is -1.80. The van der Waals surface area contributed by atoms with Crippen molar-refractivity contribution in [3.05, 3.63) is 57.9 Å². The molecule has 3 aromatic rings. The lowest BCUT2D eigenvalue weighted by Gasteiger charge is -2.06. The molecule has 0 aliphatic heterocycles. The van der Waals surface area contributed by atoms with Crippen molar-refractivity contribution in [2.75, 3.05) is 11.8 Å². The summed E-state index contributed by atoms with van der Waals surface area (Å²) < 4.78 is 32.4. The molecule has 5 nitrogen and oxygen atoms in total. The zero-order valence-electron chi connectivity index (χ0n) is 12.9. The quantitative estimate of drug-likeness (QED) is 0.642. The topological polar surface area (TPSA) is 68.3 Å². The molecule has 0 aliphatic rings. The van der Waals surface area contributed by atoms with Crippen molar-refractivity contribution < 1.29 is 13.2 Å². The third kappa shape index (κ3) is 3.90. The number of nitrogens with one attached hydrogen (secondary N) is 1. The Labute approximate surface area is 159 Å². The predicted molar refractivity (Wildman–Crippen MR) is 101 cm³/mol. The maximum atomic E-state index is 12.4. The molecule has 0 radical (unpaired) electrons. The summed E-state index contributed by atoms with van der Waals surface area (Å²) in [6, 6.07) is 11.5. The van der Waals surface area contributed by atoms with Crippen LogP contribution < -0.4 is 9.46 Å². The molecular formula is C16H12Cl2N2O3S2. The molecule has 130 valence electrons. The van der Waals surface area contributed by atoms with Crippen molar-refractivity contribution in [3.8, 4) is 17.0 Å². The third-order valence-electron chi connectivity index (χ3n) is 3.30. The minimum absolute atomic E-state index is 0.000841. The first kappa shape index (κ1) is 18.0. The summed E-state index contributed by atoms with van der Waals surface area (Å²) in [5.41, 5.74) is 1.36. The molecule has 1 heterocycles. The normalized spacial score (nSPS) is 11.3. The number of anilines is 1. The summed E-state index contributed by atoms with van der Waals surface area (Å²) in [7, 11) is -2.28. The summed E-state index contributed by atoms with van der Waals surface area (Å²) in [6.07, 6.45) is 0. The number of nitrogens with zero attached hydrogens (tertiary/aromatic N) is 1. The number of methoxy groups -OCH3 is 1. The zero-order chi connectivity index (χ0) is 18.0. The zero-order valence-corrected chi connectivity index (χ0v) is 16.0. The van der Waals surface area contributed by atoms with Gasteiger partial charge in [0.05, 0.1) is 22.8 Å². The standard InChI is InChI=1S/C16H12Cl2N2O3S2/c1-23-14-7-6-10(8-12(14)18)13-9-24-16(19-13)20-25(21,22)15-5-3-2-4-11(15)17/h2-9H,1H3,(H,19,20). The number of halogens is 2. The van der Waals surface area contributed by atoms with Crippen LogP contribution in [0.15, 0.2) is 52.7 Å². The van der Waals surface area contributed by atoms with Crippen LogP contribution in [0, 0.1) is 0 Å². The Bertz CT molecular complexity index is 1020. The SMILES string of the molecule is COc1ccc(-c2csc(NS(=O)(=O)c3ccccc3Cl)n2)cc1Cl. The molecule has 0 atom stereocenters. The average Bonchev–Trinajstić information content (AvgIpc) is 3.02. The van der Waals surface area contributed by atoms with Gasteiger partial charge in [0, 0.05) is 10.9 Å². The Morgan fingerprint density at radius 1 is 1.12 bits per heavy atom. The fourth-order valence-corrected chi connectivity index (χ4v) is 4.86. The first-order valence-corrected chi connectivity index (χ1v) is 10.1. The van der Waals surface area contributed by atoms with Gasteiger partial charge < -0.3 is 4.74 Å². The van der Waals surface area contributed by atoms with Crippen molar-refractivity contribution in [2.24, 2.45) is 0 Å². The number of aromatic nitrogens is 1. The van der Waals surface area contributed by atoms with E-state index in [-0.39, 0.29) is 15.0 Å². The van der Waals surface area contributed by atoms with E-state index in [2.05, 4.69) is 9.71 Å². The number of benzene rings is 2. The fourth-order valence-electron chi connectivity index (χ4n) is 2.11. The molecule has 0 spiro atoms. The van der Waals surface area contributed by atoms with Crippen LogP contribution in [-0.4, -0.2) is 20.5 Å². The highest BCUT2D eigenvalue weighted by Gasteiger charge is 2.19. The van der Waals surface area contributed by atoms with Gasteiger partial charge >= 0.3 is 0 Å². The highest BCUT2D eigenvalue weighted by atomic mass is 35.5. The number of thiazole rings is 1. The maximum absolute atomic E-state index is 12.4. The molecule has 1 N–H and O–H groups in total. The Balaban J connectivity index is 1.87. The first-order chi connectivity index (χ1) is 11.9. The van der Waals surface area contributed by atoms with Gasteiger partial charge in [-0.15, -0.1) is 11.3 Å². The van der Waals surface area contributed by atoms with Gasteiger partial charge in [0.25, 0.3) is 10.0 Å². The summed E-state index contributed by atoms with van der Waals surface area (Å²) in [6.45, 7) is 0.